The van der Waals surface area contributed by atoms with Crippen molar-refractivity contribution in [2.24, 2.45) is 0 Å². The second-order valence-corrected chi connectivity index (χ2v) is 4.65. The van der Waals surface area contributed by atoms with E-state index in [1.54, 1.807) is 12.1 Å². The second kappa shape index (κ2) is 3.62. The van der Waals surface area contributed by atoms with Gasteiger partial charge in [-0.1, -0.05) is 11.6 Å². The van der Waals surface area contributed by atoms with Crippen LogP contribution in [0.1, 0.15) is 10.4 Å². The van der Waals surface area contributed by atoms with Crippen molar-refractivity contribution in [3.63, 3.8) is 0 Å². The first kappa shape index (κ1) is 10.1. The fourth-order valence-electron chi connectivity index (χ4n) is 1.33. The predicted octanol–water partition coefficient (Wildman–Crippen LogP) is 3.15. The van der Waals surface area contributed by atoms with Crippen LogP contribution in [0.15, 0.2) is 18.2 Å². The van der Waals surface area contributed by atoms with Gasteiger partial charge in [-0.2, -0.15) is 0 Å². The zero-order valence-corrected chi connectivity index (χ0v) is 9.36. The Morgan fingerprint density at radius 1 is 1.33 bits per heavy atom. The van der Waals surface area contributed by atoms with Crippen LogP contribution in [0.5, 0.6) is 0 Å². The molecule has 0 spiro atoms. The Morgan fingerprint density at radius 3 is 2.67 bits per heavy atom. The van der Waals surface area contributed by atoms with Gasteiger partial charge in [-0.3, -0.25) is 0 Å². The van der Waals surface area contributed by atoms with Crippen LogP contribution in [0.4, 0.5) is 10.2 Å². The molecule has 1 aromatic carbocycles. The Hall–Kier alpha value is -1.42. The number of rotatable bonds is 1. The molecule has 0 aliphatic carbocycles. The Labute approximate surface area is 91.6 Å². The molecule has 2 aromatic rings. The molecule has 0 aliphatic heterocycles. The molecule has 0 aliphatic rings. The van der Waals surface area contributed by atoms with E-state index >= 15 is 0 Å². The first-order valence-electron chi connectivity index (χ1n) is 4.57. The topological polar surface area (TPSA) is 38.9 Å². The van der Waals surface area contributed by atoms with Gasteiger partial charge in [0.05, 0.1) is 0 Å². The Kier molecular flexibility index (Phi) is 2.44. The number of hydrogen-bond donors (Lipinski definition) is 1. The summed E-state index contributed by atoms with van der Waals surface area (Å²) in [6.07, 6.45) is 0. The van der Waals surface area contributed by atoms with E-state index in [0.717, 1.165) is 10.4 Å². The quantitative estimate of drug-likeness (QED) is 0.805. The van der Waals surface area contributed by atoms with Gasteiger partial charge >= 0.3 is 0 Å². The average Bonchev–Trinajstić information content (AvgIpc) is 2.51. The summed E-state index contributed by atoms with van der Waals surface area (Å²) in [5.74, 6) is 0.227. The summed E-state index contributed by atoms with van der Waals surface area (Å²) in [4.78, 5) is 5.06. The van der Waals surface area contributed by atoms with Crippen molar-refractivity contribution in [1.82, 2.24) is 4.98 Å². The molecule has 0 radical (unpaired) electrons. The van der Waals surface area contributed by atoms with Gasteiger partial charge in [-0.25, -0.2) is 9.37 Å². The molecule has 0 saturated carbocycles. The van der Waals surface area contributed by atoms with Crippen LogP contribution in [-0.2, 0) is 0 Å². The van der Waals surface area contributed by atoms with E-state index in [1.807, 2.05) is 13.8 Å². The maximum absolute atomic E-state index is 13.5. The molecule has 0 saturated heterocycles. The minimum absolute atomic E-state index is 0.255. The lowest BCUT2D eigenvalue weighted by Gasteiger charge is -1.99. The van der Waals surface area contributed by atoms with E-state index in [1.165, 1.54) is 17.4 Å². The van der Waals surface area contributed by atoms with Gasteiger partial charge in [-0.15, -0.1) is 11.3 Å². The van der Waals surface area contributed by atoms with Gasteiger partial charge < -0.3 is 5.73 Å². The summed E-state index contributed by atoms with van der Waals surface area (Å²) in [6, 6.07) is 4.98. The number of nitrogens with two attached hydrogens (primary N) is 1. The number of hydrogen-bond acceptors (Lipinski definition) is 3. The van der Waals surface area contributed by atoms with Crippen molar-refractivity contribution in [2.45, 2.75) is 13.8 Å². The highest BCUT2D eigenvalue weighted by atomic mass is 32.1. The third-order valence-corrected chi connectivity index (χ3v) is 3.20. The molecule has 2 N–H and O–H groups in total. The van der Waals surface area contributed by atoms with Crippen LogP contribution in [0.3, 0.4) is 0 Å². The number of nitrogens with zero attached hydrogens (tertiary/aromatic N) is 1. The van der Waals surface area contributed by atoms with E-state index in [-0.39, 0.29) is 5.82 Å². The Balaban J connectivity index is 2.58. The molecular weight excluding hydrogens is 211 g/mol. The number of benzene rings is 1. The molecule has 1 aromatic heterocycles. The van der Waals surface area contributed by atoms with Crippen LogP contribution in [-0.4, -0.2) is 4.98 Å². The summed E-state index contributed by atoms with van der Waals surface area (Å²) in [6.45, 7) is 3.80. The summed E-state index contributed by atoms with van der Waals surface area (Å²) in [5, 5.41) is 0.645. The third kappa shape index (κ3) is 1.85. The maximum atomic E-state index is 13.5. The van der Waals surface area contributed by atoms with Crippen molar-refractivity contribution in [2.75, 3.05) is 5.73 Å². The molecule has 4 heteroatoms. The normalized spacial score (nSPS) is 10.6. The predicted molar refractivity (Wildman–Crippen MR) is 61.4 cm³/mol. The maximum Gasteiger partial charge on any atom is 0.138 e. The van der Waals surface area contributed by atoms with E-state index < -0.39 is 0 Å². The average molecular weight is 222 g/mol. The number of nitrogen functional groups attached to an aromatic ring is 1. The minimum atomic E-state index is -0.255. The van der Waals surface area contributed by atoms with Crippen molar-refractivity contribution in [3.8, 4) is 10.6 Å². The smallest absolute Gasteiger partial charge is 0.138 e. The zero-order chi connectivity index (χ0) is 11.0. The number of halogens is 1. The van der Waals surface area contributed by atoms with Gasteiger partial charge in [0.25, 0.3) is 0 Å². The van der Waals surface area contributed by atoms with Crippen LogP contribution >= 0.6 is 11.3 Å². The molecular formula is C11H11FN2S. The third-order valence-electron chi connectivity index (χ3n) is 2.18. The Morgan fingerprint density at radius 2 is 2.07 bits per heavy atom. The molecule has 2 rings (SSSR count). The van der Waals surface area contributed by atoms with Gasteiger partial charge in [-0.05, 0) is 26.0 Å². The first-order valence-corrected chi connectivity index (χ1v) is 5.39. The number of thiazole rings is 1. The SMILES string of the molecule is Cc1ccc(F)c(-c2nc(N)c(C)s2)c1. The van der Waals surface area contributed by atoms with Gasteiger partial charge in [0.1, 0.15) is 16.6 Å². The lowest BCUT2D eigenvalue weighted by Crippen LogP contribution is -1.88. The molecule has 15 heavy (non-hydrogen) atoms. The van der Waals surface area contributed by atoms with Gasteiger partial charge in [0.15, 0.2) is 0 Å². The number of aromatic nitrogens is 1. The molecule has 0 unspecified atom stereocenters. The molecule has 0 bridgehead atoms. The summed E-state index contributed by atoms with van der Waals surface area (Å²) in [5.41, 5.74) is 7.18. The molecule has 0 fully saturated rings. The van der Waals surface area contributed by atoms with Crippen LogP contribution in [0, 0.1) is 19.7 Å². The number of aryl methyl sites for hydroxylation is 2. The van der Waals surface area contributed by atoms with E-state index in [0.29, 0.717) is 16.4 Å². The van der Waals surface area contributed by atoms with Gasteiger partial charge in [0, 0.05) is 10.4 Å². The van der Waals surface area contributed by atoms with Crippen LogP contribution in [0.25, 0.3) is 10.6 Å². The highest BCUT2D eigenvalue weighted by Crippen LogP contribution is 2.30. The lowest BCUT2D eigenvalue weighted by molar-refractivity contribution is 0.631. The number of anilines is 1. The molecule has 0 amide bonds. The van der Waals surface area contributed by atoms with E-state index in [2.05, 4.69) is 4.98 Å². The highest BCUT2D eigenvalue weighted by molar-refractivity contribution is 7.15. The molecule has 2 nitrogen and oxygen atoms in total. The van der Waals surface area contributed by atoms with Crippen molar-refractivity contribution in [1.29, 1.82) is 0 Å². The van der Waals surface area contributed by atoms with Crippen molar-refractivity contribution < 1.29 is 4.39 Å². The molecule has 1 heterocycles. The fraction of sp³-hybridized carbons (Fsp3) is 0.182. The van der Waals surface area contributed by atoms with E-state index in [4.69, 9.17) is 5.73 Å². The minimum Gasteiger partial charge on any atom is -0.383 e. The molecule has 0 atom stereocenters. The summed E-state index contributed by atoms with van der Waals surface area (Å²) in [7, 11) is 0. The van der Waals surface area contributed by atoms with Crippen LogP contribution < -0.4 is 5.73 Å². The highest BCUT2D eigenvalue weighted by Gasteiger charge is 2.11. The lowest BCUT2D eigenvalue weighted by atomic mass is 10.1. The van der Waals surface area contributed by atoms with Gasteiger partial charge in [0.2, 0.25) is 0 Å². The van der Waals surface area contributed by atoms with Crippen LogP contribution in [0.2, 0.25) is 0 Å². The monoisotopic (exact) mass is 222 g/mol. The summed E-state index contributed by atoms with van der Waals surface area (Å²) >= 11 is 1.41. The van der Waals surface area contributed by atoms with E-state index in [9.17, 15) is 4.39 Å². The first-order chi connectivity index (χ1) is 7.08. The largest absolute Gasteiger partial charge is 0.383 e. The summed E-state index contributed by atoms with van der Waals surface area (Å²) < 4.78 is 13.5. The fourth-order valence-corrected chi connectivity index (χ4v) is 2.18. The Bertz CT molecular complexity index is 486. The van der Waals surface area contributed by atoms with Crippen molar-refractivity contribution >= 4 is 17.2 Å². The standard InChI is InChI=1S/C11H11FN2S/c1-6-3-4-9(12)8(5-6)11-14-10(13)7(2)15-11/h3-5H,13H2,1-2H3. The second-order valence-electron chi connectivity index (χ2n) is 3.44. The van der Waals surface area contributed by atoms with Crippen molar-refractivity contribution in [3.05, 3.63) is 34.5 Å². The molecule has 78 valence electrons. The zero-order valence-electron chi connectivity index (χ0n) is 8.54.